The number of amides is 2. The number of rotatable bonds is 4. The molecular formula is C21H34FNO8. The molecule has 0 unspecified atom stereocenters. The highest BCUT2D eigenvalue weighted by molar-refractivity contribution is 6.07. The molecule has 0 spiro atoms. The van der Waals surface area contributed by atoms with Crippen LogP contribution in [0.15, 0.2) is 0 Å². The molecule has 9 nitrogen and oxygen atoms in total. The van der Waals surface area contributed by atoms with Gasteiger partial charge in [0.2, 0.25) is 11.2 Å². The Hall–Kier alpha value is -2.39. The lowest BCUT2D eigenvalue weighted by atomic mass is 10.1. The summed E-state index contributed by atoms with van der Waals surface area (Å²) >= 11 is 0. The fraction of sp³-hybridized carbons (Fsp3) is 0.810. The van der Waals surface area contributed by atoms with Crippen molar-refractivity contribution < 1.29 is 42.5 Å². The van der Waals surface area contributed by atoms with Gasteiger partial charge in [-0.1, -0.05) is 0 Å². The first-order valence-corrected chi connectivity index (χ1v) is 10.1. The van der Waals surface area contributed by atoms with E-state index < -0.39 is 58.6 Å². The predicted octanol–water partition coefficient (Wildman–Crippen LogP) is 3.91. The molecule has 0 saturated heterocycles. The highest BCUT2D eigenvalue weighted by atomic mass is 19.1. The normalized spacial score (nSPS) is 23.5. The first kappa shape index (κ1) is 26.6. The van der Waals surface area contributed by atoms with Crippen LogP contribution in [0, 0.1) is 0 Å². The van der Waals surface area contributed by atoms with E-state index in [2.05, 4.69) is 0 Å². The zero-order chi connectivity index (χ0) is 24.6. The average molecular weight is 448 g/mol. The van der Waals surface area contributed by atoms with E-state index in [1.54, 1.807) is 0 Å². The second kappa shape index (κ2) is 8.27. The van der Waals surface area contributed by atoms with Crippen LogP contribution in [0.3, 0.4) is 0 Å². The molecule has 0 bridgehead atoms. The van der Waals surface area contributed by atoms with Crippen molar-refractivity contribution in [2.24, 2.45) is 0 Å². The third kappa shape index (κ3) is 6.07. The molecule has 1 aliphatic carbocycles. The summed E-state index contributed by atoms with van der Waals surface area (Å²) in [5.41, 5.74) is -8.93. The van der Waals surface area contributed by atoms with E-state index in [1.807, 2.05) is 0 Å². The first-order chi connectivity index (χ1) is 13.7. The van der Waals surface area contributed by atoms with Gasteiger partial charge in [-0.15, -0.1) is 0 Å². The Balaban J connectivity index is 3.62. The van der Waals surface area contributed by atoms with Gasteiger partial charge in [0.15, 0.2) is 0 Å². The quantitative estimate of drug-likeness (QED) is 0.471. The Kier molecular flexibility index (Phi) is 7.11. The second-order valence-corrected chi connectivity index (χ2v) is 10.4. The highest BCUT2D eigenvalue weighted by Crippen LogP contribution is 2.58. The van der Waals surface area contributed by atoms with Crippen molar-refractivity contribution in [3.8, 4) is 0 Å². The van der Waals surface area contributed by atoms with Crippen LogP contribution >= 0.6 is 0 Å². The van der Waals surface area contributed by atoms with E-state index in [9.17, 15) is 19.2 Å². The van der Waals surface area contributed by atoms with Crippen molar-refractivity contribution in [2.45, 2.75) is 104 Å². The van der Waals surface area contributed by atoms with Gasteiger partial charge in [0.05, 0.1) is 6.61 Å². The third-order valence-corrected chi connectivity index (χ3v) is 3.90. The maximum absolute atomic E-state index is 15.8. The summed E-state index contributed by atoms with van der Waals surface area (Å²) in [6.45, 7) is 15.0. The van der Waals surface area contributed by atoms with Crippen molar-refractivity contribution in [2.75, 3.05) is 6.61 Å². The van der Waals surface area contributed by atoms with E-state index in [1.165, 1.54) is 69.2 Å². The van der Waals surface area contributed by atoms with Crippen LogP contribution in [-0.4, -0.2) is 63.6 Å². The topological polar surface area (TPSA) is 108 Å². The molecular weight excluding hydrogens is 413 g/mol. The van der Waals surface area contributed by atoms with E-state index >= 15 is 4.39 Å². The SMILES string of the molecule is CCOC(=O)[C@]1(F)C[C@@]1(C(=O)OC(C)(C)C)N(C(=O)OC(C)(C)C)C(=O)OC(C)(C)C. The lowest BCUT2D eigenvalue weighted by Crippen LogP contribution is -2.59. The molecule has 0 aromatic rings. The van der Waals surface area contributed by atoms with E-state index in [0.717, 1.165) is 0 Å². The van der Waals surface area contributed by atoms with Gasteiger partial charge in [0.25, 0.3) is 0 Å². The standard InChI is InChI=1S/C21H34FNO8/c1-11-28-13(24)20(22)12-21(20,14(25)29-17(2,3)4)23(15(26)30-18(5,6)7)16(27)31-19(8,9)10/h11-12H2,1-10H3/t20-,21+/m1/s1. The van der Waals surface area contributed by atoms with Crippen LogP contribution in [0.2, 0.25) is 0 Å². The summed E-state index contributed by atoms with van der Waals surface area (Å²) in [6.07, 6.45) is -3.54. The first-order valence-electron chi connectivity index (χ1n) is 10.1. The molecule has 178 valence electrons. The fourth-order valence-corrected chi connectivity index (χ4v) is 2.74. The average Bonchev–Trinajstić information content (AvgIpc) is 3.10. The minimum atomic E-state index is -3.01. The highest BCUT2D eigenvalue weighted by Gasteiger charge is 2.86. The van der Waals surface area contributed by atoms with Crippen LogP contribution in [0.1, 0.15) is 75.7 Å². The Morgan fingerprint density at radius 1 is 0.774 bits per heavy atom. The van der Waals surface area contributed by atoms with Gasteiger partial charge in [0.1, 0.15) is 16.8 Å². The third-order valence-electron chi connectivity index (χ3n) is 3.90. The van der Waals surface area contributed by atoms with Gasteiger partial charge in [0, 0.05) is 6.42 Å². The zero-order valence-corrected chi connectivity index (χ0v) is 20.0. The smallest absolute Gasteiger partial charge is 0.421 e. The van der Waals surface area contributed by atoms with E-state index in [0.29, 0.717) is 0 Å². The van der Waals surface area contributed by atoms with Crippen molar-refractivity contribution >= 4 is 24.1 Å². The summed E-state index contributed by atoms with van der Waals surface area (Å²) < 4.78 is 36.3. The van der Waals surface area contributed by atoms with Crippen LogP contribution in [-0.2, 0) is 28.5 Å². The lowest BCUT2D eigenvalue weighted by molar-refractivity contribution is -0.170. The maximum atomic E-state index is 15.8. The number of halogens is 1. The Morgan fingerprint density at radius 3 is 1.48 bits per heavy atom. The van der Waals surface area contributed by atoms with Crippen LogP contribution in [0.5, 0.6) is 0 Å². The summed E-state index contributed by atoms with van der Waals surface area (Å²) in [7, 11) is 0. The molecule has 1 saturated carbocycles. The molecule has 0 radical (unpaired) electrons. The van der Waals surface area contributed by atoms with Crippen LogP contribution in [0.25, 0.3) is 0 Å². The minimum Gasteiger partial charge on any atom is -0.464 e. The molecule has 10 heteroatoms. The van der Waals surface area contributed by atoms with Gasteiger partial charge in [-0.05, 0) is 69.2 Å². The molecule has 1 fully saturated rings. The summed E-state index contributed by atoms with van der Waals surface area (Å²) in [5, 5.41) is 0. The molecule has 2 amide bonds. The van der Waals surface area contributed by atoms with E-state index in [4.69, 9.17) is 18.9 Å². The summed E-state index contributed by atoms with van der Waals surface area (Å²) in [6, 6.07) is 0. The Morgan fingerprint density at radius 2 is 1.16 bits per heavy atom. The summed E-state index contributed by atoms with van der Waals surface area (Å²) in [5.74, 6) is -2.68. The number of carbonyl (C=O) groups excluding carboxylic acids is 4. The van der Waals surface area contributed by atoms with Crippen LogP contribution < -0.4 is 0 Å². The van der Waals surface area contributed by atoms with Gasteiger partial charge in [-0.3, -0.25) is 0 Å². The number of alkyl halides is 1. The molecule has 31 heavy (non-hydrogen) atoms. The second-order valence-electron chi connectivity index (χ2n) is 10.4. The molecule has 1 rings (SSSR count). The molecule has 0 aromatic carbocycles. The molecule has 0 aliphatic heterocycles. The van der Waals surface area contributed by atoms with Gasteiger partial charge < -0.3 is 18.9 Å². The monoisotopic (exact) mass is 447 g/mol. The van der Waals surface area contributed by atoms with E-state index in [-0.39, 0.29) is 11.5 Å². The van der Waals surface area contributed by atoms with Crippen LogP contribution in [0.4, 0.5) is 14.0 Å². The van der Waals surface area contributed by atoms with Gasteiger partial charge in [-0.25, -0.2) is 23.6 Å². The largest absolute Gasteiger partial charge is 0.464 e. The number of imide groups is 1. The summed E-state index contributed by atoms with van der Waals surface area (Å²) in [4.78, 5) is 51.7. The predicted molar refractivity (Wildman–Crippen MR) is 108 cm³/mol. The number of esters is 2. The maximum Gasteiger partial charge on any atom is 0.421 e. The van der Waals surface area contributed by atoms with Gasteiger partial charge >= 0.3 is 24.1 Å². The number of hydrogen-bond acceptors (Lipinski definition) is 8. The van der Waals surface area contributed by atoms with Crippen molar-refractivity contribution in [3.05, 3.63) is 0 Å². The number of ether oxygens (including phenoxy) is 4. The molecule has 0 N–H and O–H groups in total. The van der Waals surface area contributed by atoms with Crippen molar-refractivity contribution in [1.82, 2.24) is 4.90 Å². The Bertz CT molecular complexity index is 718. The molecule has 0 aromatic heterocycles. The van der Waals surface area contributed by atoms with Crippen molar-refractivity contribution in [1.29, 1.82) is 0 Å². The fourth-order valence-electron chi connectivity index (χ4n) is 2.74. The zero-order valence-electron chi connectivity index (χ0n) is 20.0. The lowest BCUT2D eigenvalue weighted by Gasteiger charge is -2.34. The number of nitrogens with zero attached hydrogens (tertiary/aromatic N) is 1. The van der Waals surface area contributed by atoms with Gasteiger partial charge in [-0.2, -0.15) is 4.90 Å². The molecule has 0 heterocycles. The van der Waals surface area contributed by atoms with Crippen molar-refractivity contribution in [3.63, 3.8) is 0 Å². The molecule has 2 atom stereocenters. The number of hydrogen-bond donors (Lipinski definition) is 0. The number of carbonyl (C=O) groups is 4. The minimum absolute atomic E-state index is 0.173. The Labute approximate surface area is 182 Å². The molecule has 1 aliphatic rings.